The predicted molar refractivity (Wildman–Crippen MR) is 92.2 cm³/mol. The van der Waals surface area contributed by atoms with E-state index in [1.807, 2.05) is 24.8 Å². The van der Waals surface area contributed by atoms with E-state index in [-0.39, 0.29) is 4.75 Å². The van der Waals surface area contributed by atoms with Crippen LogP contribution >= 0.6 is 11.8 Å². The molecule has 1 aromatic carbocycles. The van der Waals surface area contributed by atoms with Gasteiger partial charge in [-0.3, -0.25) is 0 Å². The van der Waals surface area contributed by atoms with Crippen LogP contribution in [0.2, 0.25) is 0 Å². The molecular formula is C16H26N2O2S. The van der Waals surface area contributed by atoms with Crippen LogP contribution in [0.1, 0.15) is 42.6 Å². The molecule has 0 radical (unpaired) electrons. The Morgan fingerprint density at radius 1 is 1.38 bits per heavy atom. The Balaban J connectivity index is 2.99. The largest absolute Gasteiger partial charge is 0.465 e. The van der Waals surface area contributed by atoms with Gasteiger partial charge in [-0.15, -0.1) is 0 Å². The summed E-state index contributed by atoms with van der Waals surface area (Å²) in [5, 5.41) is 3.44. The summed E-state index contributed by atoms with van der Waals surface area (Å²) in [5.41, 5.74) is 8.64. The quantitative estimate of drug-likeness (QED) is 0.594. The molecule has 1 rings (SSSR count). The first kappa shape index (κ1) is 17.7. The Bertz CT molecular complexity index is 491. The molecule has 0 aromatic heterocycles. The summed E-state index contributed by atoms with van der Waals surface area (Å²) in [6.45, 7) is 7.16. The smallest absolute Gasteiger partial charge is 0.340 e. The van der Waals surface area contributed by atoms with Crippen LogP contribution in [-0.4, -0.2) is 30.6 Å². The third-order valence-corrected chi connectivity index (χ3v) is 5.72. The maximum atomic E-state index is 11.8. The van der Waals surface area contributed by atoms with Gasteiger partial charge in [-0.2, -0.15) is 11.8 Å². The maximum absolute atomic E-state index is 11.8. The van der Waals surface area contributed by atoms with Crippen LogP contribution in [0.25, 0.3) is 0 Å². The number of ether oxygens (including phenoxy) is 1. The molecule has 0 amide bonds. The summed E-state index contributed by atoms with van der Waals surface area (Å²) in [6.07, 6.45) is 4.33. The molecule has 0 fully saturated rings. The minimum absolute atomic E-state index is 0.209. The minimum atomic E-state index is -0.402. The van der Waals surface area contributed by atoms with Crippen LogP contribution in [0.3, 0.4) is 0 Å². The first-order chi connectivity index (χ1) is 9.92. The van der Waals surface area contributed by atoms with Gasteiger partial charge in [0.1, 0.15) is 0 Å². The first-order valence-corrected chi connectivity index (χ1v) is 8.43. The fourth-order valence-corrected chi connectivity index (χ4v) is 3.10. The first-order valence-electron chi connectivity index (χ1n) is 7.20. The number of methoxy groups -OCH3 is 1. The number of anilines is 2. The predicted octanol–water partition coefficient (Wildman–Crippen LogP) is 3.70. The van der Waals surface area contributed by atoms with Crippen molar-refractivity contribution in [2.75, 3.05) is 31.0 Å². The number of hydrogen-bond acceptors (Lipinski definition) is 5. The highest BCUT2D eigenvalue weighted by molar-refractivity contribution is 8.00. The summed E-state index contributed by atoms with van der Waals surface area (Å²) < 4.78 is 4.99. The summed E-state index contributed by atoms with van der Waals surface area (Å²) in [6, 6.07) is 3.74. The normalized spacial score (nSPS) is 11.3. The second-order valence-corrected chi connectivity index (χ2v) is 6.47. The van der Waals surface area contributed by atoms with Gasteiger partial charge in [0.25, 0.3) is 0 Å². The molecule has 0 saturated heterocycles. The number of nitrogens with two attached hydrogens (primary N) is 1. The Hall–Kier alpha value is -1.36. The fourth-order valence-electron chi connectivity index (χ4n) is 2.30. The van der Waals surface area contributed by atoms with Gasteiger partial charge in [0.15, 0.2) is 0 Å². The van der Waals surface area contributed by atoms with Crippen molar-refractivity contribution in [3.63, 3.8) is 0 Å². The molecule has 0 spiro atoms. The van der Waals surface area contributed by atoms with E-state index < -0.39 is 5.97 Å². The third-order valence-electron chi connectivity index (χ3n) is 4.13. The zero-order valence-corrected chi connectivity index (χ0v) is 14.4. The number of hydrogen-bond donors (Lipinski definition) is 2. The monoisotopic (exact) mass is 310 g/mol. The van der Waals surface area contributed by atoms with E-state index in [1.54, 1.807) is 6.07 Å². The lowest BCUT2D eigenvalue weighted by atomic mass is 10.0. The zero-order chi connectivity index (χ0) is 16.0. The average molecular weight is 310 g/mol. The highest BCUT2D eigenvalue weighted by Gasteiger charge is 2.24. The summed E-state index contributed by atoms with van der Waals surface area (Å²) in [4.78, 5) is 11.8. The van der Waals surface area contributed by atoms with Crippen molar-refractivity contribution in [1.29, 1.82) is 0 Å². The van der Waals surface area contributed by atoms with Gasteiger partial charge in [0.2, 0.25) is 0 Å². The van der Waals surface area contributed by atoms with Crippen LogP contribution < -0.4 is 11.1 Å². The molecule has 3 N–H and O–H groups in total. The molecule has 0 saturated carbocycles. The number of carbonyl (C=O) groups is 1. The Kier molecular flexibility index (Phi) is 6.40. The molecule has 21 heavy (non-hydrogen) atoms. The second-order valence-electron chi connectivity index (χ2n) is 5.19. The van der Waals surface area contributed by atoms with Crippen LogP contribution in [0.5, 0.6) is 0 Å². The highest BCUT2D eigenvalue weighted by atomic mass is 32.2. The summed E-state index contributed by atoms with van der Waals surface area (Å²) in [5.74, 6) is -0.402. The Morgan fingerprint density at radius 2 is 2.00 bits per heavy atom. The minimum Gasteiger partial charge on any atom is -0.465 e. The number of nitrogens with one attached hydrogen (secondary N) is 1. The lowest BCUT2D eigenvalue weighted by Gasteiger charge is -2.30. The van der Waals surface area contributed by atoms with Gasteiger partial charge < -0.3 is 15.8 Å². The van der Waals surface area contributed by atoms with Gasteiger partial charge >= 0.3 is 5.97 Å². The van der Waals surface area contributed by atoms with E-state index in [1.165, 1.54) is 7.11 Å². The molecule has 0 aliphatic heterocycles. The number of aryl methyl sites for hydroxylation is 1. The van der Waals surface area contributed by atoms with Crippen LogP contribution in [-0.2, 0) is 4.74 Å². The highest BCUT2D eigenvalue weighted by Crippen LogP contribution is 2.31. The standard InChI is InChI=1S/C16H26N2O2S/c1-6-16(7-2,21-5)10-18-12-8-11(3)14(17)13(9-12)15(19)20-4/h8-9,18H,6-7,10,17H2,1-5H3. The van der Waals surface area contributed by atoms with Gasteiger partial charge in [-0.1, -0.05) is 13.8 Å². The maximum Gasteiger partial charge on any atom is 0.340 e. The molecule has 0 atom stereocenters. The average Bonchev–Trinajstić information content (AvgIpc) is 2.51. The van der Waals surface area contributed by atoms with Crippen LogP contribution in [0.4, 0.5) is 11.4 Å². The lowest BCUT2D eigenvalue weighted by molar-refractivity contribution is 0.0602. The number of carbonyl (C=O) groups excluding carboxylic acids is 1. The number of esters is 1. The zero-order valence-electron chi connectivity index (χ0n) is 13.6. The molecule has 0 aliphatic rings. The number of rotatable bonds is 7. The van der Waals surface area contributed by atoms with Crippen LogP contribution in [0, 0.1) is 6.92 Å². The molecule has 1 aromatic rings. The van der Waals surface area contributed by atoms with E-state index in [0.717, 1.165) is 30.6 Å². The van der Waals surface area contributed by atoms with Crippen molar-refractivity contribution in [2.24, 2.45) is 0 Å². The van der Waals surface area contributed by atoms with Crippen molar-refractivity contribution in [1.82, 2.24) is 0 Å². The van der Waals surface area contributed by atoms with Crippen molar-refractivity contribution >= 4 is 29.1 Å². The third kappa shape index (κ3) is 4.06. The molecule has 0 aliphatic carbocycles. The fraction of sp³-hybridized carbons (Fsp3) is 0.562. The van der Waals surface area contributed by atoms with E-state index in [9.17, 15) is 4.79 Å². The lowest BCUT2D eigenvalue weighted by Crippen LogP contribution is -2.32. The molecule has 4 nitrogen and oxygen atoms in total. The van der Waals surface area contributed by atoms with Crippen molar-refractivity contribution in [2.45, 2.75) is 38.4 Å². The molecule has 118 valence electrons. The second kappa shape index (κ2) is 7.59. The SMILES string of the molecule is CCC(CC)(CNc1cc(C)c(N)c(C(=O)OC)c1)SC. The van der Waals surface area contributed by atoms with Crippen LogP contribution in [0.15, 0.2) is 12.1 Å². The summed E-state index contributed by atoms with van der Waals surface area (Å²) >= 11 is 1.88. The van der Waals surface area contributed by atoms with Crippen molar-refractivity contribution < 1.29 is 9.53 Å². The van der Waals surface area contributed by atoms with Gasteiger partial charge in [-0.05, 0) is 43.7 Å². The number of nitrogen functional groups attached to an aromatic ring is 1. The van der Waals surface area contributed by atoms with E-state index in [2.05, 4.69) is 25.4 Å². The van der Waals surface area contributed by atoms with E-state index in [4.69, 9.17) is 10.5 Å². The Morgan fingerprint density at radius 3 is 2.48 bits per heavy atom. The number of thioether (sulfide) groups is 1. The van der Waals surface area contributed by atoms with Crippen molar-refractivity contribution in [3.8, 4) is 0 Å². The Labute approximate surface area is 131 Å². The molecular weight excluding hydrogens is 284 g/mol. The molecule has 5 heteroatoms. The van der Waals surface area contributed by atoms with E-state index in [0.29, 0.717) is 11.3 Å². The topological polar surface area (TPSA) is 64.3 Å². The molecule has 0 bridgehead atoms. The van der Waals surface area contributed by atoms with Gasteiger partial charge in [0, 0.05) is 22.7 Å². The molecule has 0 unspecified atom stereocenters. The molecule has 0 heterocycles. The number of benzene rings is 1. The van der Waals surface area contributed by atoms with E-state index >= 15 is 0 Å². The summed E-state index contributed by atoms with van der Waals surface area (Å²) in [7, 11) is 1.37. The van der Waals surface area contributed by atoms with Gasteiger partial charge in [-0.25, -0.2) is 4.79 Å². The van der Waals surface area contributed by atoms with Crippen molar-refractivity contribution in [3.05, 3.63) is 23.3 Å². The van der Waals surface area contributed by atoms with Gasteiger partial charge in [0.05, 0.1) is 12.7 Å².